The summed E-state index contributed by atoms with van der Waals surface area (Å²) >= 11 is 0. The van der Waals surface area contributed by atoms with Crippen LogP contribution in [0.2, 0.25) is 0 Å². The molecule has 5 heteroatoms. The molecular weight excluding hydrogens is 216 g/mol. The molecule has 0 aliphatic heterocycles. The summed E-state index contributed by atoms with van der Waals surface area (Å²) in [6.07, 6.45) is 0. The third-order valence-electron chi connectivity index (χ3n) is 2.31. The molecule has 0 spiro atoms. The lowest BCUT2D eigenvalue weighted by Gasteiger charge is -2.21. The molecular formula is C12H16N4O. The fraction of sp³-hybridized carbons (Fsp3) is 0.333. The first kappa shape index (κ1) is 11.4. The van der Waals surface area contributed by atoms with Gasteiger partial charge in [-0.3, -0.25) is 4.79 Å². The molecule has 4 N–H and O–H groups in total. The minimum atomic E-state index is -0.230. The molecule has 1 aromatic heterocycles. The number of hydrogen-bond donors (Lipinski definition) is 3. The monoisotopic (exact) mass is 232 g/mol. The SMILES string of the molecule is CC(C)(C)Nc1n[nH]c(=O)c2cc(N)ccc12. The van der Waals surface area contributed by atoms with Crippen molar-refractivity contribution in [2.45, 2.75) is 26.3 Å². The second-order valence-corrected chi connectivity index (χ2v) is 5.08. The molecule has 0 unspecified atom stereocenters. The van der Waals surface area contributed by atoms with E-state index in [2.05, 4.69) is 15.5 Å². The highest BCUT2D eigenvalue weighted by molar-refractivity contribution is 5.92. The van der Waals surface area contributed by atoms with Gasteiger partial charge in [0, 0.05) is 16.6 Å². The van der Waals surface area contributed by atoms with Gasteiger partial charge in [0.15, 0.2) is 5.82 Å². The Balaban J connectivity index is 2.66. The minimum Gasteiger partial charge on any atom is -0.399 e. The number of hydrogen-bond acceptors (Lipinski definition) is 4. The number of aromatic nitrogens is 2. The largest absolute Gasteiger partial charge is 0.399 e. The summed E-state index contributed by atoms with van der Waals surface area (Å²) < 4.78 is 0. The van der Waals surface area contributed by atoms with Crippen LogP contribution in [0, 0.1) is 0 Å². The van der Waals surface area contributed by atoms with Crippen molar-refractivity contribution in [3.8, 4) is 0 Å². The zero-order valence-electron chi connectivity index (χ0n) is 10.2. The van der Waals surface area contributed by atoms with Crippen molar-refractivity contribution in [2.24, 2.45) is 0 Å². The molecule has 0 saturated heterocycles. The van der Waals surface area contributed by atoms with E-state index in [0.29, 0.717) is 16.9 Å². The zero-order chi connectivity index (χ0) is 12.6. The van der Waals surface area contributed by atoms with Crippen LogP contribution in [-0.2, 0) is 0 Å². The number of nitrogen functional groups attached to an aromatic ring is 1. The van der Waals surface area contributed by atoms with Crippen LogP contribution >= 0.6 is 0 Å². The molecule has 0 bridgehead atoms. The quantitative estimate of drug-likeness (QED) is 0.654. The molecule has 1 heterocycles. The lowest BCUT2D eigenvalue weighted by Crippen LogP contribution is -2.28. The van der Waals surface area contributed by atoms with Crippen molar-refractivity contribution >= 4 is 22.3 Å². The van der Waals surface area contributed by atoms with E-state index in [0.717, 1.165) is 5.39 Å². The molecule has 2 rings (SSSR count). The first-order chi connectivity index (χ1) is 7.87. The molecule has 0 atom stereocenters. The first-order valence-corrected chi connectivity index (χ1v) is 5.43. The minimum absolute atomic E-state index is 0.125. The number of rotatable bonds is 1. The summed E-state index contributed by atoms with van der Waals surface area (Å²) in [5.41, 5.74) is 5.89. The fourth-order valence-electron chi connectivity index (χ4n) is 1.63. The second-order valence-electron chi connectivity index (χ2n) is 5.08. The first-order valence-electron chi connectivity index (χ1n) is 5.43. The summed E-state index contributed by atoms with van der Waals surface area (Å²) in [4.78, 5) is 11.6. The third kappa shape index (κ3) is 2.38. The van der Waals surface area contributed by atoms with Crippen LogP contribution in [0.5, 0.6) is 0 Å². The maximum atomic E-state index is 11.6. The van der Waals surface area contributed by atoms with Gasteiger partial charge < -0.3 is 11.1 Å². The van der Waals surface area contributed by atoms with Crippen molar-refractivity contribution in [3.05, 3.63) is 28.6 Å². The van der Waals surface area contributed by atoms with Gasteiger partial charge in [-0.1, -0.05) is 0 Å². The summed E-state index contributed by atoms with van der Waals surface area (Å²) in [6, 6.07) is 5.22. The van der Waals surface area contributed by atoms with E-state index >= 15 is 0 Å². The number of anilines is 2. The van der Waals surface area contributed by atoms with E-state index in [-0.39, 0.29) is 11.1 Å². The highest BCUT2D eigenvalue weighted by Gasteiger charge is 2.13. The maximum Gasteiger partial charge on any atom is 0.272 e. The fourth-order valence-corrected chi connectivity index (χ4v) is 1.63. The number of nitrogens with zero attached hydrogens (tertiary/aromatic N) is 1. The summed E-state index contributed by atoms with van der Waals surface area (Å²) in [6.45, 7) is 6.09. The number of H-pyrrole nitrogens is 1. The van der Waals surface area contributed by atoms with Gasteiger partial charge in [-0.2, -0.15) is 5.10 Å². The van der Waals surface area contributed by atoms with Gasteiger partial charge in [-0.15, -0.1) is 0 Å². The standard InChI is InChI=1S/C12H16N4O/c1-12(2,3)14-10-8-5-4-7(13)6-9(8)11(17)16-15-10/h4-6H,13H2,1-3H3,(H,14,15)(H,16,17). The van der Waals surface area contributed by atoms with Gasteiger partial charge in [-0.05, 0) is 39.0 Å². The Morgan fingerprint density at radius 3 is 2.65 bits per heavy atom. The van der Waals surface area contributed by atoms with Gasteiger partial charge in [-0.25, -0.2) is 5.10 Å². The van der Waals surface area contributed by atoms with Crippen LogP contribution in [0.4, 0.5) is 11.5 Å². The molecule has 5 nitrogen and oxygen atoms in total. The maximum absolute atomic E-state index is 11.6. The van der Waals surface area contributed by atoms with E-state index in [1.807, 2.05) is 20.8 Å². The van der Waals surface area contributed by atoms with Gasteiger partial charge in [0.1, 0.15) is 0 Å². The molecule has 0 radical (unpaired) electrons. The lowest BCUT2D eigenvalue weighted by molar-refractivity contribution is 0.629. The number of nitrogens with two attached hydrogens (primary N) is 1. The molecule has 0 saturated carbocycles. The van der Waals surface area contributed by atoms with Crippen molar-refractivity contribution in [1.29, 1.82) is 0 Å². The number of benzene rings is 1. The Labute approximate surface area is 99.0 Å². The number of fused-ring (bicyclic) bond motifs is 1. The Kier molecular flexibility index (Phi) is 2.53. The van der Waals surface area contributed by atoms with Gasteiger partial charge in [0.25, 0.3) is 5.56 Å². The average molecular weight is 232 g/mol. The van der Waals surface area contributed by atoms with Crippen LogP contribution in [0.25, 0.3) is 10.8 Å². The predicted octanol–water partition coefficient (Wildman–Crippen LogP) is 1.72. The van der Waals surface area contributed by atoms with Crippen LogP contribution in [-0.4, -0.2) is 15.7 Å². The van der Waals surface area contributed by atoms with Gasteiger partial charge >= 0.3 is 0 Å². The van der Waals surface area contributed by atoms with Gasteiger partial charge in [0.05, 0.1) is 5.39 Å². The smallest absolute Gasteiger partial charge is 0.272 e. The van der Waals surface area contributed by atoms with E-state index < -0.39 is 0 Å². The number of nitrogens with one attached hydrogen (secondary N) is 2. The molecule has 90 valence electrons. The molecule has 0 fully saturated rings. The second kappa shape index (κ2) is 3.76. The predicted molar refractivity (Wildman–Crippen MR) is 70.2 cm³/mol. The van der Waals surface area contributed by atoms with E-state index in [9.17, 15) is 4.79 Å². The molecule has 2 aromatic rings. The summed E-state index contributed by atoms with van der Waals surface area (Å²) in [5, 5.41) is 11.1. The van der Waals surface area contributed by atoms with E-state index in [1.54, 1.807) is 18.2 Å². The van der Waals surface area contributed by atoms with Crippen LogP contribution in [0.1, 0.15) is 20.8 Å². The highest BCUT2D eigenvalue weighted by atomic mass is 16.1. The topological polar surface area (TPSA) is 83.8 Å². The Hall–Kier alpha value is -2.04. The van der Waals surface area contributed by atoms with Gasteiger partial charge in [0.2, 0.25) is 0 Å². The lowest BCUT2D eigenvalue weighted by atomic mass is 10.1. The normalized spacial score (nSPS) is 11.7. The van der Waals surface area contributed by atoms with Crippen molar-refractivity contribution < 1.29 is 0 Å². The molecule has 1 aromatic carbocycles. The van der Waals surface area contributed by atoms with Crippen molar-refractivity contribution in [2.75, 3.05) is 11.1 Å². The van der Waals surface area contributed by atoms with E-state index in [1.165, 1.54) is 0 Å². The Morgan fingerprint density at radius 2 is 2.00 bits per heavy atom. The van der Waals surface area contributed by atoms with Crippen molar-refractivity contribution in [3.63, 3.8) is 0 Å². The molecule has 0 aliphatic carbocycles. The summed E-state index contributed by atoms with van der Waals surface area (Å²) in [7, 11) is 0. The van der Waals surface area contributed by atoms with Crippen LogP contribution in [0.15, 0.2) is 23.0 Å². The van der Waals surface area contributed by atoms with Crippen molar-refractivity contribution in [1.82, 2.24) is 10.2 Å². The highest BCUT2D eigenvalue weighted by Crippen LogP contribution is 2.22. The Morgan fingerprint density at radius 1 is 1.29 bits per heavy atom. The molecule has 0 amide bonds. The summed E-state index contributed by atoms with van der Waals surface area (Å²) in [5.74, 6) is 0.659. The van der Waals surface area contributed by atoms with Crippen LogP contribution in [0.3, 0.4) is 0 Å². The third-order valence-corrected chi connectivity index (χ3v) is 2.31. The van der Waals surface area contributed by atoms with E-state index in [4.69, 9.17) is 5.73 Å². The Bertz CT molecular complexity index is 610. The number of aromatic amines is 1. The zero-order valence-corrected chi connectivity index (χ0v) is 10.2. The molecule has 0 aliphatic rings. The average Bonchev–Trinajstić information content (AvgIpc) is 2.21. The molecule has 17 heavy (non-hydrogen) atoms. The van der Waals surface area contributed by atoms with Crippen LogP contribution < -0.4 is 16.6 Å².